The Morgan fingerprint density at radius 2 is 1.77 bits per heavy atom. The Hall–Kier alpha value is -2.55. The average Bonchev–Trinajstić information content (AvgIpc) is 3.23. The number of halogens is 1. The van der Waals surface area contributed by atoms with Gasteiger partial charge in [0.05, 0.1) is 4.90 Å². The maximum atomic E-state index is 13.8. The summed E-state index contributed by atoms with van der Waals surface area (Å²) in [6.07, 6.45) is 1.37. The number of carbonyl (C=O) groups excluding carboxylic acids is 1. The molecule has 0 radical (unpaired) electrons. The van der Waals surface area contributed by atoms with Crippen LogP contribution in [-0.2, 0) is 16.6 Å². The van der Waals surface area contributed by atoms with Crippen LogP contribution in [0.25, 0.3) is 0 Å². The Labute approximate surface area is 179 Å². The molecule has 3 aromatic rings. The summed E-state index contributed by atoms with van der Waals surface area (Å²) in [6, 6.07) is 16.3. The summed E-state index contributed by atoms with van der Waals surface area (Å²) in [5, 5.41) is 4.82. The molecule has 1 aromatic heterocycles. The Balaban J connectivity index is 1.32. The second-order valence-corrected chi connectivity index (χ2v) is 10.1. The first-order valence-electron chi connectivity index (χ1n) is 9.60. The standard InChI is InChI=1S/C22H21FN2O3S2/c23-21-6-2-1-5-20(21)16-12-17(13-16)25-22(26)15-7-9-19(10-8-15)30(27,28)24-14-18-4-3-11-29-18/h1-11,16-17,24H,12-14H2,(H,25,26). The van der Waals surface area contributed by atoms with Crippen molar-refractivity contribution in [2.75, 3.05) is 0 Å². The molecule has 1 aliphatic rings. The lowest BCUT2D eigenvalue weighted by Crippen LogP contribution is -2.43. The number of thiophene rings is 1. The molecule has 0 aliphatic heterocycles. The molecule has 30 heavy (non-hydrogen) atoms. The molecule has 5 nitrogen and oxygen atoms in total. The topological polar surface area (TPSA) is 75.3 Å². The Morgan fingerprint density at radius 1 is 1.03 bits per heavy atom. The van der Waals surface area contributed by atoms with E-state index >= 15 is 0 Å². The van der Waals surface area contributed by atoms with Crippen LogP contribution in [0.4, 0.5) is 4.39 Å². The lowest BCUT2D eigenvalue weighted by atomic mass is 9.75. The fraction of sp³-hybridized carbons (Fsp3) is 0.227. The van der Waals surface area contributed by atoms with Gasteiger partial charge >= 0.3 is 0 Å². The number of amides is 1. The van der Waals surface area contributed by atoms with Gasteiger partial charge in [-0.2, -0.15) is 0 Å². The number of nitrogens with one attached hydrogen (secondary N) is 2. The zero-order valence-electron chi connectivity index (χ0n) is 16.0. The first-order chi connectivity index (χ1) is 14.4. The summed E-state index contributed by atoms with van der Waals surface area (Å²) in [5.74, 6) is -0.363. The first kappa shape index (κ1) is 20.7. The van der Waals surface area contributed by atoms with Gasteiger partial charge in [0.15, 0.2) is 0 Å². The normalized spacial score (nSPS) is 18.6. The minimum absolute atomic E-state index is 0.0158. The van der Waals surface area contributed by atoms with Gasteiger partial charge in [-0.3, -0.25) is 4.79 Å². The Morgan fingerprint density at radius 3 is 2.43 bits per heavy atom. The summed E-state index contributed by atoms with van der Waals surface area (Å²) in [5.41, 5.74) is 1.08. The molecule has 8 heteroatoms. The molecular formula is C22H21FN2O3S2. The third kappa shape index (κ3) is 4.61. The Kier molecular flexibility index (Phi) is 5.99. The fourth-order valence-electron chi connectivity index (χ4n) is 3.51. The first-order valence-corrected chi connectivity index (χ1v) is 12.0. The predicted octanol–water partition coefficient (Wildman–Crippen LogP) is 4.04. The molecule has 4 rings (SSSR count). The van der Waals surface area contributed by atoms with Crippen LogP contribution >= 0.6 is 11.3 Å². The highest BCUT2D eigenvalue weighted by atomic mass is 32.2. The van der Waals surface area contributed by atoms with Crippen molar-refractivity contribution in [1.29, 1.82) is 0 Å². The van der Waals surface area contributed by atoms with Gasteiger partial charge in [-0.1, -0.05) is 24.3 Å². The predicted molar refractivity (Wildman–Crippen MR) is 114 cm³/mol. The number of benzene rings is 2. The molecule has 1 heterocycles. The number of hydrogen-bond donors (Lipinski definition) is 2. The number of carbonyl (C=O) groups is 1. The smallest absolute Gasteiger partial charge is 0.251 e. The van der Waals surface area contributed by atoms with Gasteiger partial charge in [-0.05, 0) is 66.1 Å². The van der Waals surface area contributed by atoms with Gasteiger partial charge < -0.3 is 5.32 Å². The second kappa shape index (κ2) is 8.67. The lowest BCUT2D eigenvalue weighted by Gasteiger charge is -2.36. The van der Waals surface area contributed by atoms with Crippen LogP contribution < -0.4 is 10.0 Å². The van der Waals surface area contributed by atoms with E-state index in [1.54, 1.807) is 12.1 Å². The molecule has 0 unspecified atom stereocenters. The van der Waals surface area contributed by atoms with Crippen molar-refractivity contribution in [2.45, 2.75) is 36.2 Å². The van der Waals surface area contributed by atoms with Crippen LogP contribution in [0.3, 0.4) is 0 Å². The van der Waals surface area contributed by atoms with E-state index in [1.165, 1.54) is 41.7 Å². The second-order valence-electron chi connectivity index (χ2n) is 7.29. The minimum Gasteiger partial charge on any atom is -0.349 e. The minimum atomic E-state index is -3.65. The molecule has 0 spiro atoms. The summed E-state index contributed by atoms with van der Waals surface area (Å²) in [7, 11) is -3.65. The molecule has 1 saturated carbocycles. The van der Waals surface area contributed by atoms with Crippen LogP contribution in [0.15, 0.2) is 70.9 Å². The molecular weight excluding hydrogens is 423 g/mol. The molecule has 156 valence electrons. The van der Waals surface area contributed by atoms with Crippen LogP contribution in [0, 0.1) is 5.82 Å². The van der Waals surface area contributed by atoms with Crippen LogP contribution in [0.2, 0.25) is 0 Å². The maximum absolute atomic E-state index is 13.8. The van der Waals surface area contributed by atoms with Crippen LogP contribution in [-0.4, -0.2) is 20.4 Å². The number of sulfonamides is 1. The maximum Gasteiger partial charge on any atom is 0.251 e. The van der Waals surface area contributed by atoms with Crippen molar-refractivity contribution in [3.05, 3.63) is 87.9 Å². The third-order valence-corrected chi connectivity index (χ3v) is 7.56. The van der Waals surface area contributed by atoms with Crippen molar-refractivity contribution in [1.82, 2.24) is 10.0 Å². The van der Waals surface area contributed by atoms with Crippen LogP contribution in [0.5, 0.6) is 0 Å². The van der Waals surface area contributed by atoms with Gasteiger partial charge in [0.25, 0.3) is 5.91 Å². The number of rotatable bonds is 7. The van der Waals surface area contributed by atoms with E-state index < -0.39 is 10.0 Å². The van der Waals surface area contributed by atoms with Gasteiger partial charge in [0.2, 0.25) is 10.0 Å². The largest absolute Gasteiger partial charge is 0.349 e. The van der Waals surface area contributed by atoms with E-state index in [0.29, 0.717) is 24.0 Å². The lowest BCUT2D eigenvalue weighted by molar-refractivity contribution is 0.0908. The van der Waals surface area contributed by atoms with E-state index in [-0.39, 0.29) is 35.1 Å². The molecule has 1 aliphatic carbocycles. The highest BCUT2D eigenvalue weighted by molar-refractivity contribution is 7.89. The summed E-state index contributed by atoms with van der Waals surface area (Å²) in [6.45, 7) is 0.229. The van der Waals surface area contributed by atoms with E-state index in [2.05, 4.69) is 10.0 Å². The molecule has 1 amide bonds. The van der Waals surface area contributed by atoms with Gasteiger partial charge in [-0.15, -0.1) is 11.3 Å². The van der Waals surface area contributed by atoms with Crippen molar-refractivity contribution in [2.24, 2.45) is 0 Å². The molecule has 1 fully saturated rings. The molecule has 0 saturated heterocycles. The van der Waals surface area contributed by atoms with E-state index in [4.69, 9.17) is 0 Å². The summed E-state index contributed by atoms with van der Waals surface area (Å²) in [4.78, 5) is 13.5. The van der Waals surface area contributed by atoms with Crippen molar-refractivity contribution >= 4 is 27.3 Å². The van der Waals surface area contributed by atoms with Crippen molar-refractivity contribution in [3.63, 3.8) is 0 Å². The Bertz CT molecular complexity index is 1120. The van der Waals surface area contributed by atoms with Gasteiger partial charge in [0, 0.05) is 23.0 Å². The number of hydrogen-bond acceptors (Lipinski definition) is 4. The monoisotopic (exact) mass is 444 g/mol. The van der Waals surface area contributed by atoms with Gasteiger partial charge in [0.1, 0.15) is 5.82 Å². The van der Waals surface area contributed by atoms with Crippen LogP contribution in [0.1, 0.15) is 39.6 Å². The van der Waals surface area contributed by atoms with E-state index in [0.717, 1.165) is 4.88 Å². The van der Waals surface area contributed by atoms with Crippen molar-refractivity contribution in [3.8, 4) is 0 Å². The highest BCUT2D eigenvalue weighted by Gasteiger charge is 2.33. The summed E-state index contributed by atoms with van der Waals surface area (Å²) >= 11 is 1.48. The summed E-state index contributed by atoms with van der Waals surface area (Å²) < 4.78 is 41.2. The SMILES string of the molecule is O=C(NC1CC(c2ccccc2F)C1)c1ccc(S(=O)(=O)NCc2cccs2)cc1. The molecule has 0 bridgehead atoms. The quantitative estimate of drug-likeness (QED) is 0.578. The fourth-order valence-corrected chi connectivity index (χ4v) is 5.26. The average molecular weight is 445 g/mol. The molecule has 2 N–H and O–H groups in total. The zero-order chi connectivity index (χ0) is 21.1. The highest BCUT2D eigenvalue weighted by Crippen LogP contribution is 2.38. The van der Waals surface area contributed by atoms with Crippen molar-refractivity contribution < 1.29 is 17.6 Å². The van der Waals surface area contributed by atoms with E-state index in [1.807, 2.05) is 23.6 Å². The van der Waals surface area contributed by atoms with Gasteiger partial charge in [-0.25, -0.2) is 17.5 Å². The molecule has 0 atom stereocenters. The van der Waals surface area contributed by atoms with E-state index in [9.17, 15) is 17.6 Å². The zero-order valence-corrected chi connectivity index (χ0v) is 17.7. The third-order valence-electron chi connectivity index (χ3n) is 5.26. The molecule has 2 aromatic carbocycles.